The highest BCUT2D eigenvalue weighted by molar-refractivity contribution is 5.98. The van der Waals surface area contributed by atoms with Crippen LogP contribution in [0.25, 0.3) is 0 Å². The first-order valence-corrected chi connectivity index (χ1v) is 5.12. The Morgan fingerprint density at radius 2 is 1.92 bits per heavy atom. The summed E-state index contributed by atoms with van der Waals surface area (Å²) >= 11 is 0. The van der Waals surface area contributed by atoms with E-state index in [1.807, 2.05) is 0 Å². The van der Waals surface area contributed by atoms with Gasteiger partial charge in [-0.3, -0.25) is 4.79 Å². The summed E-state index contributed by atoms with van der Waals surface area (Å²) in [6.07, 6.45) is 7.19. The van der Waals surface area contributed by atoms with Crippen LogP contribution in [0.3, 0.4) is 0 Å². The first-order valence-electron chi connectivity index (χ1n) is 5.12. The molecule has 0 aromatic carbocycles. The highest BCUT2D eigenvalue weighted by Crippen LogP contribution is 2.52. The molecule has 0 radical (unpaired) electrons. The highest BCUT2D eigenvalue weighted by atomic mass is 16.1. The lowest BCUT2D eigenvalue weighted by molar-refractivity contribution is -0.116. The van der Waals surface area contributed by atoms with E-state index in [1.54, 1.807) is 5.57 Å². The summed E-state index contributed by atoms with van der Waals surface area (Å²) in [6.45, 7) is 0. The molecule has 64 valence electrons. The molecule has 0 unspecified atom stereocenters. The molecule has 0 amide bonds. The van der Waals surface area contributed by atoms with Crippen LogP contribution in [-0.4, -0.2) is 5.78 Å². The zero-order valence-electron chi connectivity index (χ0n) is 7.31. The number of ketones is 1. The Kier molecular flexibility index (Phi) is 1.27. The lowest BCUT2D eigenvalue weighted by Gasteiger charge is -2.22. The number of hydrogen-bond acceptors (Lipinski definition) is 1. The van der Waals surface area contributed by atoms with Crippen LogP contribution in [-0.2, 0) is 4.79 Å². The molecular weight excluding hydrogens is 148 g/mol. The fourth-order valence-corrected chi connectivity index (χ4v) is 3.36. The molecule has 3 aliphatic carbocycles. The molecule has 2 atom stereocenters. The molecule has 2 bridgehead atoms. The number of hydrogen-bond donors (Lipinski definition) is 0. The predicted octanol–water partition coefficient (Wildman–Crippen LogP) is 2.47. The Bertz CT molecular complexity index is 275. The molecule has 12 heavy (non-hydrogen) atoms. The van der Waals surface area contributed by atoms with Crippen LogP contribution in [0.4, 0.5) is 0 Å². The predicted molar refractivity (Wildman–Crippen MR) is 46.7 cm³/mol. The molecule has 3 aliphatic rings. The second kappa shape index (κ2) is 2.21. The minimum atomic E-state index is 0.489. The molecular formula is C11H14O. The number of Topliss-reactive ketones (excluding diaryl/α,β-unsaturated/α-hetero) is 1. The molecule has 1 nitrogen and oxygen atoms in total. The largest absolute Gasteiger partial charge is 0.295 e. The molecule has 0 heterocycles. The van der Waals surface area contributed by atoms with Gasteiger partial charge in [-0.1, -0.05) is 5.57 Å². The summed E-state index contributed by atoms with van der Waals surface area (Å²) in [6, 6.07) is 0. The van der Waals surface area contributed by atoms with Gasteiger partial charge in [-0.05, 0) is 49.5 Å². The summed E-state index contributed by atoms with van der Waals surface area (Å²) in [5, 5.41) is 0. The fourth-order valence-electron chi connectivity index (χ4n) is 3.36. The molecule has 1 heteroatoms. The average Bonchev–Trinajstić information content (AvgIpc) is 2.64. The zero-order chi connectivity index (χ0) is 8.13. The molecule has 0 aromatic heterocycles. The molecule has 0 aliphatic heterocycles. The Morgan fingerprint density at radius 1 is 1.08 bits per heavy atom. The summed E-state index contributed by atoms with van der Waals surface area (Å²) in [5.41, 5.74) is 2.86. The van der Waals surface area contributed by atoms with Gasteiger partial charge in [0.2, 0.25) is 0 Å². The van der Waals surface area contributed by atoms with Crippen molar-refractivity contribution >= 4 is 5.78 Å². The van der Waals surface area contributed by atoms with E-state index in [0.29, 0.717) is 11.7 Å². The third-order valence-electron chi connectivity index (χ3n) is 3.83. The van der Waals surface area contributed by atoms with Crippen molar-refractivity contribution in [3.8, 4) is 0 Å². The summed E-state index contributed by atoms with van der Waals surface area (Å²) in [5.74, 6) is 2.01. The van der Waals surface area contributed by atoms with E-state index in [1.165, 1.54) is 31.3 Å². The Hall–Kier alpha value is -0.590. The van der Waals surface area contributed by atoms with Crippen molar-refractivity contribution in [1.82, 2.24) is 0 Å². The quantitative estimate of drug-likeness (QED) is 0.534. The van der Waals surface area contributed by atoms with Crippen LogP contribution in [0.1, 0.15) is 38.5 Å². The number of carbonyl (C=O) groups excluding carboxylic acids is 1. The summed E-state index contributed by atoms with van der Waals surface area (Å²) in [7, 11) is 0. The number of fused-ring (bicyclic) bond motifs is 4. The first-order chi connectivity index (χ1) is 5.86. The Balaban J connectivity index is 2.08. The highest BCUT2D eigenvalue weighted by Gasteiger charge is 2.42. The van der Waals surface area contributed by atoms with E-state index in [-0.39, 0.29) is 0 Å². The van der Waals surface area contributed by atoms with Crippen molar-refractivity contribution in [3.05, 3.63) is 11.1 Å². The van der Waals surface area contributed by atoms with Crippen LogP contribution in [0.2, 0.25) is 0 Å². The Labute approximate surface area is 72.8 Å². The van der Waals surface area contributed by atoms with Crippen LogP contribution >= 0.6 is 0 Å². The molecule has 3 rings (SSSR count). The monoisotopic (exact) mass is 162 g/mol. The van der Waals surface area contributed by atoms with Crippen molar-refractivity contribution in [3.63, 3.8) is 0 Å². The second-order valence-electron chi connectivity index (χ2n) is 4.42. The van der Waals surface area contributed by atoms with Crippen LogP contribution in [0, 0.1) is 11.8 Å². The van der Waals surface area contributed by atoms with E-state index in [0.717, 1.165) is 18.8 Å². The van der Waals surface area contributed by atoms with Gasteiger partial charge < -0.3 is 0 Å². The van der Waals surface area contributed by atoms with Crippen molar-refractivity contribution in [2.24, 2.45) is 11.8 Å². The van der Waals surface area contributed by atoms with Gasteiger partial charge in [-0.25, -0.2) is 0 Å². The summed E-state index contributed by atoms with van der Waals surface area (Å²) < 4.78 is 0. The molecule has 0 spiro atoms. The van der Waals surface area contributed by atoms with Gasteiger partial charge in [-0.15, -0.1) is 0 Å². The molecule has 0 saturated heterocycles. The van der Waals surface area contributed by atoms with Gasteiger partial charge >= 0.3 is 0 Å². The number of rotatable bonds is 0. The van der Waals surface area contributed by atoms with Gasteiger partial charge in [0.1, 0.15) is 0 Å². The topological polar surface area (TPSA) is 17.1 Å². The fraction of sp³-hybridized carbons (Fsp3) is 0.727. The summed E-state index contributed by atoms with van der Waals surface area (Å²) in [4.78, 5) is 11.6. The van der Waals surface area contributed by atoms with Crippen molar-refractivity contribution in [2.75, 3.05) is 0 Å². The van der Waals surface area contributed by atoms with Gasteiger partial charge in [0.15, 0.2) is 5.78 Å². The molecule has 0 N–H and O–H groups in total. The molecule has 1 saturated carbocycles. The number of carbonyl (C=O) groups is 1. The standard InChI is InChI=1S/C11H14O/c12-10-3-1-2-9-7-4-5-8(6-7)11(9)10/h7-8H,1-6H2/t7-,8+/m1/s1. The second-order valence-corrected chi connectivity index (χ2v) is 4.42. The number of allylic oxidation sites excluding steroid dienone is 2. The van der Waals surface area contributed by atoms with Crippen molar-refractivity contribution < 1.29 is 4.79 Å². The normalized spacial score (nSPS) is 39.2. The third-order valence-corrected chi connectivity index (χ3v) is 3.83. The van der Waals surface area contributed by atoms with Gasteiger partial charge in [0, 0.05) is 6.42 Å². The smallest absolute Gasteiger partial charge is 0.159 e. The SMILES string of the molecule is O=C1CCCC2=C1[C@H]1CC[C@@H]2C1. The zero-order valence-corrected chi connectivity index (χ0v) is 7.31. The maximum atomic E-state index is 11.6. The van der Waals surface area contributed by atoms with E-state index in [4.69, 9.17) is 0 Å². The van der Waals surface area contributed by atoms with Crippen LogP contribution in [0.5, 0.6) is 0 Å². The maximum absolute atomic E-state index is 11.6. The van der Waals surface area contributed by atoms with Crippen LogP contribution < -0.4 is 0 Å². The lowest BCUT2D eigenvalue weighted by atomic mass is 9.81. The minimum absolute atomic E-state index is 0.489. The minimum Gasteiger partial charge on any atom is -0.295 e. The average molecular weight is 162 g/mol. The van der Waals surface area contributed by atoms with Gasteiger partial charge in [-0.2, -0.15) is 0 Å². The van der Waals surface area contributed by atoms with Crippen molar-refractivity contribution in [2.45, 2.75) is 38.5 Å². The van der Waals surface area contributed by atoms with E-state index in [2.05, 4.69) is 0 Å². The van der Waals surface area contributed by atoms with Crippen LogP contribution in [0.15, 0.2) is 11.1 Å². The van der Waals surface area contributed by atoms with Gasteiger partial charge in [0.25, 0.3) is 0 Å². The molecule has 1 fully saturated rings. The lowest BCUT2D eigenvalue weighted by Crippen LogP contribution is -2.16. The maximum Gasteiger partial charge on any atom is 0.159 e. The first kappa shape index (κ1) is 6.88. The van der Waals surface area contributed by atoms with Gasteiger partial charge in [0.05, 0.1) is 0 Å². The molecule has 0 aromatic rings. The third kappa shape index (κ3) is 0.720. The Morgan fingerprint density at radius 3 is 2.75 bits per heavy atom. The van der Waals surface area contributed by atoms with E-state index in [9.17, 15) is 4.79 Å². The van der Waals surface area contributed by atoms with Crippen molar-refractivity contribution in [1.29, 1.82) is 0 Å². The van der Waals surface area contributed by atoms with E-state index >= 15 is 0 Å². The van der Waals surface area contributed by atoms with E-state index < -0.39 is 0 Å².